The summed E-state index contributed by atoms with van der Waals surface area (Å²) >= 11 is 7.89. The van der Waals surface area contributed by atoms with Crippen LogP contribution in [0.2, 0.25) is 0 Å². The fourth-order valence-corrected chi connectivity index (χ4v) is 4.28. The summed E-state index contributed by atoms with van der Waals surface area (Å²) in [6.45, 7) is 0. The van der Waals surface area contributed by atoms with Gasteiger partial charge in [0, 0.05) is 4.88 Å². The number of amides is 1. The van der Waals surface area contributed by atoms with E-state index in [0.717, 1.165) is 16.6 Å². The number of aliphatic carboxylic acids is 1. The molecule has 1 aromatic carbocycles. The van der Waals surface area contributed by atoms with Gasteiger partial charge in [0.1, 0.15) is 4.32 Å². The first-order valence-corrected chi connectivity index (χ1v) is 8.76. The zero-order valence-electron chi connectivity index (χ0n) is 11.7. The molecule has 1 amide bonds. The van der Waals surface area contributed by atoms with E-state index in [2.05, 4.69) is 0 Å². The smallest absolute Gasteiger partial charge is 0.331 e. The predicted octanol–water partition coefficient (Wildman–Crippen LogP) is 3.78. The molecule has 1 aliphatic heterocycles. The van der Waals surface area contributed by atoms with E-state index in [-0.39, 0.29) is 10.2 Å². The highest BCUT2D eigenvalue weighted by Crippen LogP contribution is 2.38. The van der Waals surface area contributed by atoms with Crippen molar-refractivity contribution in [2.45, 2.75) is 6.04 Å². The molecule has 4 nitrogen and oxygen atoms in total. The van der Waals surface area contributed by atoms with Crippen LogP contribution in [0.15, 0.2) is 52.7 Å². The van der Waals surface area contributed by atoms with Gasteiger partial charge in [-0.05, 0) is 23.1 Å². The van der Waals surface area contributed by atoms with E-state index in [4.69, 9.17) is 12.2 Å². The van der Waals surface area contributed by atoms with Crippen LogP contribution in [0.4, 0.5) is 0 Å². The van der Waals surface area contributed by atoms with Crippen LogP contribution in [0.3, 0.4) is 0 Å². The van der Waals surface area contributed by atoms with E-state index in [1.165, 1.54) is 16.2 Å². The SMILES string of the molecule is O=C(O)[C@@H](c1ccccc1)N1C(=O)/C(=C\c2cccs2)SC1=S. The molecule has 1 aromatic heterocycles. The van der Waals surface area contributed by atoms with E-state index >= 15 is 0 Å². The summed E-state index contributed by atoms with van der Waals surface area (Å²) in [4.78, 5) is 26.9. The van der Waals surface area contributed by atoms with Crippen molar-refractivity contribution in [3.8, 4) is 0 Å². The van der Waals surface area contributed by atoms with E-state index in [0.29, 0.717) is 10.5 Å². The van der Waals surface area contributed by atoms with Gasteiger partial charge in [0.25, 0.3) is 5.91 Å². The summed E-state index contributed by atoms with van der Waals surface area (Å²) < 4.78 is 0.258. The number of rotatable bonds is 4. The van der Waals surface area contributed by atoms with Crippen molar-refractivity contribution in [1.82, 2.24) is 4.90 Å². The third-order valence-corrected chi connectivity index (χ3v) is 5.40. The van der Waals surface area contributed by atoms with Gasteiger partial charge in [0.15, 0.2) is 6.04 Å². The van der Waals surface area contributed by atoms with Crippen molar-refractivity contribution >= 4 is 57.6 Å². The topological polar surface area (TPSA) is 57.6 Å². The fourth-order valence-electron chi connectivity index (χ4n) is 2.24. The monoisotopic (exact) mass is 361 g/mol. The summed E-state index contributed by atoms with van der Waals surface area (Å²) in [5.74, 6) is -1.48. The third kappa shape index (κ3) is 3.21. The van der Waals surface area contributed by atoms with Crippen LogP contribution in [-0.2, 0) is 9.59 Å². The number of carbonyl (C=O) groups excluding carboxylic acids is 1. The number of carbonyl (C=O) groups is 2. The van der Waals surface area contributed by atoms with Gasteiger partial charge in [-0.25, -0.2) is 4.79 Å². The molecule has 1 fully saturated rings. The lowest BCUT2D eigenvalue weighted by Gasteiger charge is -2.23. The van der Waals surface area contributed by atoms with Crippen molar-refractivity contribution in [3.63, 3.8) is 0 Å². The van der Waals surface area contributed by atoms with E-state index in [1.54, 1.807) is 36.4 Å². The number of hydrogen-bond donors (Lipinski definition) is 1. The lowest BCUT2D eigenvalue weighted by molar-refractivity contribution is -0.145. The maximum atomic E-state index is 12.7. The zero-order chi connectivity index (χ0) is 16.4. The molecule has 0 unspecified atom stereocenters. The molecular formula is C16H11NO3S3. The molecule has 0 radical (unpaired) electrons. The van der Waals surface area contributed by atoms with Crippen molar-refractivity contribution in [1.29, 1.82) is 0 Å². The van der Waals surface area contributed by atoms with Crippen LogP contribution >= 0.6 is 35.3 Å². The Hall–Kier alpha value is -1.96. The average Bonchev–Trinajstić information content (AvgIpc) is 3.12. The minimum Gasteiger partial charge on any atom is -0.479 e. The fraction of sp³-hybridized carbons (Fsp3) is 0.0625. The molecule has 1 aliphatic rings. The molecule has 0 spiro atoms. The first kappa shape index (κ1) is 15.9. The molecule has 116 valence electrons. The number of carboxylic acid groups (broad SMARTS) is 1. The second kappa shape index (κ2) is 6.66. The molecule has 7 heteroatoms. The Morgan fingerprint density at radius 3 is 2.57 bits per heavy atom. The minimum absolute atomic E-state index is 0.258. The maximum Gasteiger partial charge on any atom is 0.331 e. The van der Waals surface area contributed by atoms with Crippen LogP contribution in [0, 0.1) is 0 Å². The Kier molecular flexibility index (Phi) is 4.61. The third-order valence-electron chi connectivity index (χ3n) is 3.25. The van der Waals surface area contributed by atoms with Gasteiger partial charge in [0.2, 0.25) is 0 Å². The molecule has 23 heavy (non-hydrogen) atoms. The maximum absolute atomic E-state index is 12.7. The number of hydrogen-bond acceptors (Lipinski definition) is 5. The van der Waals surface area contributed by atoms with Crippen molar-refractivity contribution in [3.05, 3.63) is 63.2 Å². The number of thioether (sulfide) groups is 1. The minimum atomic E-state index is -1.11. The number of nitrogens with zero attached hydrogens (tertiary/aromatic N) is 1. The lowest BCUT2D eigenvalue weighted by atomic mass is 10.1. The molecule has 0 bridgehead atoms. The molecule has 0 aliphatic carbocycles. The highest BCUT2D eigenvalue weighted by molar-refractivity contribution is 8.26. The highest BCUT2D eigenvalue weighted by atomic mass is 32.2. The molecule has 2 aromatic rings. The number of carboxylic acids is 1. The summed E-state index contributed by atoms with van der Waals surface area (Å²) in [5, 5.41) is 11.5. The zero-order valence-corrected chi connectivity index (χ0v) is 14.2. The first-order chi connectivity index (χ1) is 11.1. The first-order valence-electron chi connectivity index (χ1n) is 6.66. The van der Waals surface area contributed by atoms with Crippen molar-refractivity contribution in [2.75, 3.05) is 0 Å². The molecule has 1 atom stereocenters. The predicted molar refractivity (Wildman–Crippen MR) is 96.1 cm³/mol. The van der Waals surface area contributed by atoms with Gasteiger partial charge in [-0.3, -0.25) is 9.69 Å². The Morgan fingerprint density at radius 1 is 1.22 bits per heavy atom. The van der Waals surface area contributed by atoms with E-state index in [1.807, 2.05) is 17.5 Å². The van der Waals surface area contributed by atoms with E-state index in [9.17, 15) is 14.7 Å². The van der Waals surface area contributed by atoms with Crippen LogP contribution in [-0.4, -0.2) is 26.2 Å². The van der Waals surface area contributed by atoms with Crippen molar-refractivity contribution < 1.29 is 14.7 Å². The number of benzene rings is 1. The van der Waals surface area contributed by atoms with Gasteiger partial charge in [0.05, 0.1) is 4.91 Å². The average molecular weight is 361 g/mol. The van der Waals surface area contributed by atoms with E-state index < -0.39 is 12.0 Å². The standard InChI is InChI=1S/C16H11NO3S3/c18-14-12(9-11-7-4-8-22-11)23-16(21)17(14)13(15(19)20)10-5-2-1-3-6-10/h1-9,13H,(H,19,20)/b12-9+/t13-/m1/s1. The molecule has 0 saturated carbocycles. The van der Waals surface area contributed by atoms with Gasteiger partial charge in [-0.15, -0.1) is 11.3 Å². The summed E-state index contributed by atoms with van der Waals surface area (Å²) in [7, 11) is 0. The summed E-state index contributed by atoms with van der Waals surface area (Å²) in [6, 6.07) is 11.3. The van der Waals surface area contributed by atoms with Crippen molar-refractivity contribution in [2.24, 2.45) is 0 Å². The molecule has 3 rings (SSSR count). The van der Waals surface area contributed by atoms with Crippen LogP contribution < -0.4 is 0 Å². The number of thiocarbonyl (C=S) groups is 1. The Morgan fingerprint density at radius 2 is 1.96 bits per heavy atom. The quantitative estimate of drug-likeness (QED) is 0.663. The van der Waals surface area contributed by atoms with Crippen LogP contribution in [0.1, 0.15) is 16.5 Å². The molecule has 1 N–H and O–H groups in total. The second-order valence-corrected chi connectivity index (χ2v) is 7.37. The van der Waals surface area contributed by atoms with Gasteiger partial charge >= 0.3 is 5.97 Å². The molecular weight excluding hydrogens is 350 g/mol. The second-order valence-electron chi connectivity index (χ2n) is 4.72. The Labute approximate surface area is 146 Å². The molecule has 2 heterocycles. The summed E-state index contributed by atoms with van der Waals surface area (Å²) in [6.07, 6.45) is 1.74. The Balaban J connectivity index is 1.97. The Bertz CT molecular complexity index is 784. The van der Waals surface area contributed by atoms with Gasteiger partial charge in [-0.1, -0.05) is 60.4 Å². The number of thiophene rings is 1. The molecule has 1 saturated heterocycles. The summed E-state index contributed by atoms with van der Waals surface area (Å²) in [5.41, 5.74) is 0.522. The van der Waals surface area contributed by atoms with Gasteiger partial charge < -0.3 is 5.11 Å². The van der Waals surface area contributed by atoms with Crippen LogP contribution in [0.5, 0.6) is 0 Å². The van der Waals surface area contributed by atoms with Gasteiger partial charge in [-0.2, -0.15) is 0 Å². The largest absolute Gasteiger partial charge is 0.479 e. The van der Waals surface area contributed by atoms with Crippen LogP contribution in [0.25, 0.3) is 6.08 Å². The highest BCUT2D eigenvalue weighted by Gasteiger charge is 2.41. The lowest BCUT2D eigenvalue weighted by Crippen LogP contribution is -2.37. The normalized spacial score (nSPS) is 17.7.